The van der Waals surface area contributed by atoms with Crippen LogP contribution in [0.2, 0.25) is 0 Å². The molecule has 61 heavy (non-hydrogen) atoms. The lowest BCUT2D eigenvalue weighted by Gasteiger charge is -2.37. The van der Waals surface area contributed by atoms with Crippen molar-refractivity contribution in [3.8, 4) is 0 Å². The number of aryl methyl sites for hydroxylation is 1. The molecule has 332 valence electrons. The Bertz CT molecular complexity index is 1940. The number of epoxide rings is 1. The van der Waals surface area contributed by atoms with Gasteiger partial charge in [0, 0.05) is 62.3 Å². The maximum absolute atomic E-state index is 14.7. The summed E-state index contributed by atoms with van der Waals surface area (Å²) in [6.45, 7) is 12.7. The number of fused-ring (bicyclic) bond motifs is 1. The molecule has 5 heterocycles. The number of aromatic nitrogens is 1. The third-order valence-corrected chi connectivity index (χ3v) is 12.6. The smallest absolute Gasteiger partial charge is 0.407 e. The first-order chi connectivity index (χ1) is 28.8. The molecule has 2 fully saturated rings. The average Bonchev–Trinajstić information content (AvgIpc) is 3.42. The molecule has 0 aromatic carbocycles. The van der Waals surface area contributed by atoms with Crippen molar-refractivity contribution in [2.24, 2.45) is 17.3 Å². The zero-order valence-electron chi connectivity index (χ0n) is 35.9. The third kappa shape index (κ3) is 12.2. The summed E-state index contributed by atoms with van der Waals surface area (Å²) in [4.78, 5) is 110. The Morgan fingerprint density at radius 3 is 2.00 bits per heavy atom. The number of ether oxygens (including phenoxy) is 4. The van der Waals surface area contributed by atoms with Crippen molar-refractivity contribution >= 4 is 65.0 Å². The van der Waals surface area contributed by atoms with Crippen LogP contribution in [0.4, 0.5) is 9.59 Å². The molecule has 17 nitrogen and oxygen atoms in total. The zero-order valence-corrected chi connectivity index (χ0v) is 36.7. The summed E-state index contributed by atoms with van der Waals surface area (Å²) in [6.07, 6.45) is 3.89. The highest BCUT2D eigenvalue weighted by Crippen LogP contribution is 2.45. The Balaban J connectivity index is 1.34. The molecule has 0 aliphatic carbocycles. The van der Waals surface area contributed by atoms with Gasteiger partial charge in [0.2, 0.25) is 0 Å². The van der Waals surface area contributed by atoms with E-state index in [9.17, 15) is 38.4 Å². The number of carbonyl (C=O) groups is 8. The molecule has 4 aliphatic heterocycles. The fourth-order valence-corrected chi connectivity index (χ4v) is 8.51. The minimum Gasteiger partial charge on any atom is -0.458 e. The van der Waals surface area contributed by atoms with E-state index < -0.39 is 89.2 Å². The van der Waals surface area contributed by atoms with Crippen LogP contribution in [0.15, 0.2) is 35.3 Å². The van der Waals surface area contributed by atoms with E-state index in [4.69, 9.17) is 18.9 Å². The van der Waals surface area contributed by atoms with E-state index in [1.807, 2.05) is 39.2 Å². The van der Waals surface area contributed by atoms with Crippen LogP contribution in [0, 0.1) is 24.2 Å². The first kappa shape index (κ1) is 46.8. The second kappa shape index (κ2) is 20.1. The molecular weight excluding hydrogens is 811 g/mol. The summed E-state index contributed by atoms with van der Waals surface area (Å²) < 4.78 is 24.2. The molecule has 0 radical (unpaired) electrons. The molecule has 0 bridgehead atoms. The van der Waals surface area contributed by atoms with Crippen molar-refractivity contribution < 1.29 is 57.3 Å². The molecule has 0 unspecified atom stereocenters. The van der Waals surface area contributed by atoms with Gasteiger partial charge in [-0.2, -0.15) is 0 Å². The highest BCUT2D eigenvalue weighted by Gasteiger charge is 2.53. The first-order valence-electron chi connectivity index (χ1n) is 20.8. The number of Topliss-reactive ketones (excluding diaryl/α,β-unsaturated/α-hetero) is 1. The number of hydrogen-bond donors (Lipinski definition) is 2. The summed E-state index contributed by atoms with van der Waals surface area (Å²) in [7, 11) is 0. The number of amides is 6. The van der Waals surface area contributed by atoms with Crippen LogP contribution >= 0.6 is 11.3 Å². The van der Waals surface area contributed by atoms with Crippen LogP contribution in [0.1, 0.15) is 97.2 Å². The lowest BCUT2D eigenvalue weighted by atomic mass is 9.72. The summed E-state index contributed by atoms with van der Waals surface area (Å²) in [6, 6.07) is 0. The van der Waals surface area contributed by atoms with Crippen molar-refractivity contribution in [1.82, 2.24) is 25.4 Å². The van der Waals surface area contributed by atoms with Gasteiger partial charge in [-0.1, -0.05) is 20.3 Å². The van der Waals surface area contributed by atoms with Gasteiger partial charge in [0.15, 0.2) is 0 Å². The summed E-state index contributed by atoms with van der Waals surface area (Å²) in [5, 5.41) is 8.05. The largest absolute Gasteiger partial charge is 0.458 e. The van der Waals surface area contributed by atoms with Crippen LogP contribution in [-0.4, -0.2) is 119 Å². The van der Waals surface area contributed by atoms with Gasteiger partial charge in [0.1, 0.15) is 24.1 Å². The fraction of sp³-hybridized carbons (Fsp3) is 0.605. The Labute approximate surface area is 359 Å². The number of esters is 1. The minimum atomic E-state index is -1.52. The number of cyclic esters (lactones) is 1. The molecular formula is C43H57N5O12S. The molecule has 5 rings (SSSR count). The number of nitrogens with one attached hydrogen (secondary N) is 2. The minimum absolute atomic E-state index is 0.0181. The van der Waals surface area contributed by atoms with Crippen molar-refractivity contribution in [2.45, 2.75) is 123 Å². The molecule has 0 spiro atoms. The number of thiazole rings is 1. The quantitative estimate of drug-likeness (QED) is 0.0968. The lowest BCUT2D eigenvalue weighted by Crippen LogP contribution is -2.49. The predicted octanol–water partition coefficient (Wildman–Crippen LogP) is 4.58. The summed E-state index contributed by atoms with van der Waals surface area (Å²) in [5.41, 5.74) is -0.560. The number of ketones is 1. The molecule has 0 saturated carbocycles. The highest BCUT2D eigenvalue weighted by atomic mass is 32.1. The molecule has 4 aliphatic rings. The van der Waals surface area contributed by atoms with Crippen molar-refractivity contribution in [2.75, 3.05) is 26.2 Å². The molecule has 2 N–H and O–H groups in total. The standard InChI is InChI=1S/C43H57N5O12S/c1-25-11-8-16-43(7)32(60-43)22-30(26(2)21-29-24-61-28(4)46-29)57-37(53)23-31(58-40(55)44-17-9-19-47-33(49)12-13-34(47)50)42(5,6)39(54)27(3)38(25)59-41(56)45-18-10-20-48-35(51)14-15-36(48)52/h12-15,21,24-25,27,30-32,38H,8-11,16-20,22-23H2,1-7H3,(H,44,55)(H,45,56)/t25-,27+,30-,31-,32-,38-,43+/m0/s1. The summed E-state index contributed by atoms with van der Waals surface area (Å²) in [5.74, 6) is -4.17. The lowest BCUT2D eigenvalue weighted by molar-refractivity contribution is -0.154. The topological polar surface area (TPSA) is 220 Å². The van der Waals surface area contributed by atoms with Gasteiger partial charge in [-0.25, -0.2) is 14.6 Å². The second-order valence-electron chi connectivity index (χ2n) is 16.9. The van der Waals surface area contributed by atoms with Gasteiger partial charge >= 0.3 is 18.2 Å². The number of imide groups is 2. The maximum atomic E-state index is 14.7. The van der Waals surface area contributed by atoms with Gasteiger partial charge in [-0.3, -0.25) is 38.6 Å². The van der Waals surface area contributed by atoms with E-state index >= 15 is 0 Å². The van der Waals surface area contributed by atoms with Gasteiger partial charge in [-0.15, -0.1) is 11.3 Å². The van der Waals surface area contributed by atoms with E-state index in [1.165, 1.54) is 35.6 Å². The average molecular weight is 868 g/mol. The Morgan fingerprint density at radius 1 is 0.902 bits per heavy atom. The number of carbonyl (C=O) groups excluding carboxylic acids is 8. The van der Waals surface area contributed by atoms with Gasteiger partial charge in [0.25, 0.3) is 23.6 Å². The number of nitrogens with zero attached hydrogens (tertiary/aromatic N) is 3. The van der Waals surface area contributed by atoms with E-state index in [0.29, 0.717) is 25.7 Å². The predicted molar refractivity (Wildman–Crippen MR) is 221 cm³/mol. The van der Waals surface area contributed by atoms with E-state index in [0.717, 1.165) is 26.1 Å². The van der Waals surface area contributed by atoms with Gasteiger partial charge in [0.05, 0.1) is 40.2 Å². The Morgan fingerprint density at radius 2 is 1.46 bits per heavy atom. The molecule has 7 atom stereocenters. The second-order valence-corrected chi connectivity index (χ2v) is 18.0. The number of alkyl carbamates (subject to hydrolysis) is 2. The van der Waals surface area contributed by atoms with Gasteiger partial charge < -0.3 is 29.6 Å². The van der Waals surface area contributed by atoms with E-state index in [-0.39, 0.29) is 51.0 Å². The van der Waals surface area contributed by atoms with E-state index in [2.05, 4.69) is 15.6 Å². The van der Waals surface area contributed by atoms with Crippen LogP contribution in [-0.2, 0) is 47.7 Å². The van der Waals surface area contributed by atoms with Crippen molar-refractivity contribution in [1.29, 1.82) is 0 Å². The normalized spacial score (nSPS) is 28.5. The maximum Gasteiger partial charge on any atom is 0.407 e. The molecule has 2 saturated heterocycles. The number of hydrogen-bond acceptors (Lipinski definition) is 14. The third-order valence-electron chi connectivity index (χ3n) is 11.8. The van der Waals surface area contributed by atoms with Crippen LogP contribution in [0.5, 0.6) is 0 Å². The van der Waals surface area contributed by atoms with Crippen molar-refractivity contribution in [3.63, 3.8) is 0 Å². The Hall–Kier alpha value is -5.23. The van der Waals surface area contributed by atoms with Crippen molar-refractivity contribution in [3.05, 3.63) is 46.0 Å². The fourth-order valence-electron chi connectivity index (χ4n) is 7.94. The SMILES string of the molecule is CC(=Cc1csc(C)n1)[C@@H]1C[C@@H]2O[C@]2(C)CCC[C@H](C)[C@H](OC(=O)NCCCN2C(=O)C=CC2=O)[C@@H](C)C(=O)C(C)(C)[C@@H](OC(=O)NCCCN2C(=O)C=CC2=O)CC(=O)O1. The van der Waals surface area contributed by atoms with Crippen LogP contribution < -0.4 is 10.6 Å². The molecule has 6 amide bonds. The number of rotatable bonds is 12. The molecule has 1 aromatic heterocycles. The first-order valence-corrected chi connectivity index (χ1v) is 21.6. The summed E-state index contributed by atoms with van der Waals surface area (Å²) >= 11 is 1.50. The highest BCUT2D eigenvalue weighted by molar-refractivity contribution is 7.09. The van der Waals surface area contributed by atoms with Gasteiger partial charge in [-0.05, 0) is 77.9 Å². The molecule has 18 heteroatoms. The van der Waals surface area contributed by atoms with Crippen LogP contribution in [0.25, 0.3) is 6.08 Å². The van der Waals surface area contributed by atoms with E-state index in [1.54, 1.807) is 20.8 Å². The zero-order chi connectivity index (χ0) is 44.6. The Kier molecular flexibility index (Phi) is 15.4. The monoisotopic (exact) mass is 867 g/mol. The van der Waals surface area contributed by atoms with Crippen LogP contribution in [0.3, 0.4) is 0 Å². The molecule has 1 aromatic rings.